The molecule has 1 fully saturated rings. The van der Waals surface area contributed by atoms with E-state index >= 15 is 0 Å². The number of carbonyl (C=O) groups excluding carboxylic acids is 1. The largest absolute Gasteiger partial charge is 0.352 e. The first kappa shape index (κ1) is 16.8. The van der Waals surface area contributed by atoms with Gasteiger partial charge in [0.05, 0.1) is 0 Å². The Kier molecular flexibility index (Phi) is 5.81. The van der Waals surface area contributed by atoms with E-state index in [1.54, 1.807) is 0 Å². The highest BCUT2D eigenvalue weighted by molar-refractivity contribution is 5.86. The fourth-order valence-corrected chi connectivity index (χ4v) is 3.14. The van der Waals surface area contributed by atoms with Gasteiger partial charge in [-0.3, -0.25) is 4.79 Å². The number of benzene rings is 2. The second-order valence-corrected chi connectivity index (χ2v) is 5.93. The molecular formula is C18H23ClN2O. The molecule has 2 aromatic carbocycles. The van der Waals surface area contributed by atoms with E-state index in [-0.39, 0.29) is 24.2 Å². The molecule has 3 nitrogen and oxygen atoms in total. The van der Waals surface area contributed by atoms with Crippen molar-refractivity contribution >= 4 is 29.1 Å². The maximum absolute atomic E-state index is 12.3. The first-order valence-corrected chi connectivity index (χ1v) is 7.72. The Bertz CT molecular complexity index is 639. The molecule has 0 saturated carbocycles. The average Bonchev–Trinajstić information content (AvgIpc) is 2.52. The van der Waals surface area contributed by atoms with E-state index in [0.717, 1.165) is 19.4 Å². The maximum Gasteiger partial charge on any atom is 0.223 e. The predicted octanol–water partition coefficient (Wildman–Crippen LogP) is 3.27. The molecule has 22 heavy (non-hydrogen) atoms. The minimum atomic E-state index is 0. The third-order valence-electron chi connectivity index (χ3n) is 4.33. The molecule has 4 heteroatoms. The highest BCUT2D eigenvalue weighted by Gasteiger charge is 2.24. The van der Waals surface area contributed by atoms with Crippen molar-refractivity contribution in [3.8, 4) is 0 Å². The molecule has 0 unspecified atom stereocenters. The van der Waals surface area contributed by atoms with Crippen molar-refractivity contribution in [2.24, 2.45) is 5.92 Å². The first-order valence-electron chi connectivity index (χ1n) is 7.72. The van der Waals surface area contributed by atoms with E-state index in [9.17, 15) is 4.79 Å². The van der Waals surface area contributed by atoms with E-state index < -0.39 is 0 Å². The Morgan fingerprint density at radius 2 is 2.00 bits per heavy atom. The third kappa shape index (κ3) is 3.79. The lowest BCUT2D eigenvalue weighted by molar-refractivity contribution is -0.126. The van der Waals surface area contributed by atoms with Crippen LogP contribution in [-0.2, 0) is 11.3 Å². The molecule has 2 atom stereocenters. The second-order valence-electron chi connectivity index (χ2n) is 5.93. The SMILES string of the molecule is C[C@H]1C[C@@H](C(=O)NCc2cccc3ccccc23)CCN1.Cl. The number of carbonyl (C=O) groups is 1. The summed E-state index contributed by atoms with van der Waals surface area (Å²) in [6, 6.07) is 15.0. The lowest BCUT2D eigenvalue weighted by Crippen LogP contribution is -2.42. The van der Waals surface area contributed by atoms with Crippen LogP contribution in [0.25, 0.3) is 10.8 Å². The summed E-state index contributed by atoms with van der Waals surface area (Å²) in [6.07, 6.45) is 1.87. The molecular weight excluding hydrogens is 296 g/mol. The van der Waals surface area contributed by atoms with Gasteiger partial charge < -0.3 is 10.6 Å². The van der Waals surface area contributed by atoms with Gasteiger partial charge in [0, 0.05) is 18.5 Å². The smallest absolute Gasteiger partial charge is 0.223 e. The zero-order valence-electron chi connectivity index (χ0n) is 12.8. The summed E-state index contributed by atoms with van der Waals surface area (Å²) in [6.45, 7) is 3.69. The topological polar surface area (TPSA) is 41.1 Å². The van der Waals surface area contributed by atoms with E-state index in [4.69, 9.17) is 0 Å². The van der Waals surface area contributed by atoms with Crippen molar-refractivity contribution in [2.45, 2.75) is 32.4 Å². The molecule has 2 N–H and O–H groups in total. The van der Waals surface area contributed by atoms with Gasteiger partial charge in [-0.2, -0.15) is 0 Å². The number of hydrogen-bond donors (Lipinski definition) is 2. The molecule has 2 aromatic rings. The van der Waals surface area contributed by atoms with Gasteiger partial charge in [-0.25, -0.2) is 0 Å². The lowest BCUT2D eigenvalue weighted by Gasteiger charge is -2.27. The molecule has 3 rings (SSSR count). The molecule has 0 aliphatic carbocycles. The molecule has 1 saturated heterocycles. The highest BCUT2D eigenvalue weighted by Crippen LogP contribution is 2.19. The number of rotatable bonds is 3. The fourth-order valence-electron chi connectivity index (χ4n) is 3.14. The van der Waals surface area contributed by atoms with Crippen LogP contribution in [0.3, 0.4) is 0 Å². The van der Waals surface area contributed by atoms with Gasteiger partial charge in [0.2, 0.25) is 5.91 Å². The molecule has 0 radical (unpaired) electrons. The maximum atomic E-state index is 12.3. The van der Waals surface area contributed by atoms with Gasteiger partial charge in [0.25, 0.3) is 0 Å². The average molecular weight is 319 g/mol. The molecule has 0 aromatic heterocycles. The number of amides is 1. The highest BCUT2D eigenvalue weighted by atomic mass is 35.5. The summed E-state index contributed by atoms with van der Waals surface area (Å²) in [4.78, 5) is 12.3. The van der Waals surface area contributed by atoms with Crippen molar-refractivity contribution in [2.75, 3.05) is 6.54 Å². The zero-order valence-corrected chi connectivity index (χ0v) is 13.7. The number of halogens is 1. The van der Waals surface area contributed by atoms with E-state index in [0.29, 0.717) is 12.6 Å². The molecule has 1 aliphatic rings. The van der Waals surface area contributed by atoms with Crippen LogP contribution < -0.4 is 10.6 Å². The molecule has 1 amide bonds. The molecule has 1 heterocycles. The second kappa shape index (κ2) is 7.61. The lowest BCUT2D eigenvalue weighted by atomic mass is 9.92. The summed E-state index contributed by atoms with van der Waals surface area (Å²) in [5, 5.41) is 8.94. The molecule has 0 spiro atoms. The Hall–Kier alpha value is -1.58. The van der Waals surface area contributed by atoms with Crippen molar-refractivity contribution in [1.29, 1.82) is 0 Å². The van der Waals surface area contributed by atoms with Crippen molar-refractivity contribution < 1.29 is 4.79 Å². The van der Waals surface area contributed by atoms with Crippen molar-refractivity contribution in [3.05, 3.63) is 48.0 Å². The van der Waals surface area contributed by atoms with E-state index in [1.807, 2.05) is 12.1 Å². The van der Waals surface area contributed by atoms with Gasteiger partial charge in [-0.05, 0) is 42.6 Å². The van der Waals surface area contributed by atoms with Crippen LogP contribution in [0.15, 0.2) is 42.5 Å². The summed E-state index contributed by atoms with van der Waals surface area (Å²) in [5.74, 6) is 0.340. The summed E-state index contributed by atoms with van der Waals surface area (Å²) < 4.78 is 0. The Labute approximate surface area is 137 Å². The normalized spacial score (nSPS) is 21.1. The van der Waals surface area contributed by atoms with Crippen LogP contribution >= 0.6 is 12.4 Å². The van der Waals surface area contributed by atoms with Crippen molar-refractivity contribution in [1.82, 2.24) is 10.6 Å². The van der Waals surface area contributed by atoms with Gasteiger partial charge in [-0.15, -0.1) is 12.4 Å². The molecule has 1 aliphatic heterocycles. The standard InChI is InChI=1S/C18H22N2O.ClH/c1-13-11-15(9-10-19-13)18(21)20-12-16-7-4-6-14-5-2-3-8-17(14)16;/h2-8,13,15,19H,9-12H2,1H3,(H,20,21);1H/t13-,15-;/m0./s1. The minimum Gasteiger partial charge on any atom is -0.352 e. The summed E-state index contributed by atoms with van der Waals surface area (Å²) in [7, 11) is 0. The fraction of sp³-hybridized carbons (Fsp3) is 0.389. The van der Waals surface area contributed by atoms with Crippen molar-refractivity contribution in [3.63, 3.8) is 0 Å². The minimum absolute atomic E-state index is 0. The summed E-state index contributed by atoms with van der Waals surface area (Å²) >= 11 is 0. The van der Waals surface area contributed by atoms with Gasteiger partial charge >= 0.3 is 0 Å². The van der Waals surface area contributed by atoms with Gasteiger partial charge in [-0.1, -0.05) is 42.5 Å². The predicted molar refractivity (Wildman–Crippen MR) is 93.2 cm³/mol. The molecule has 0 bridgehead atoms. The number of nitrogens with one attached hydrogen (secondary N) is 2. The first-order chi connectivity index (χ1) is 10.2. The quantitative estimate of drug-likeness (QED) is 0.912. The molecule has 118 valence electrons. The number of piperidine rings is 1. The Morgan fingerprint density at radius 1 is 1.23 bits per heavy atom. The van der Waals surface area contributed by atoms with Crippen LogP contribution in [0.4, 0.5) is 0 Å². The zero-order chi connectivity index (χ0) is 14.7. The van der Waals surface area contributed by atoms with Crippen LogP contribution in [0.5, 0.6) is 0 Å². The van der Waals surface area contributed by atoms with E-state index in [2.05, 4.69) is 47.9 Å². The van der Waals surface area contributed by atoms with Gasteiger partial charge in [0.1, 0.15) is 0 Å². The van der Waals surface area contributed by atoms with Crippen LogP contribution in [-0.4, -0.2) is 18.5 Å². The third-order valence-corrected chi connectivity index (χ3v) is 4.33. The summed E-state index contributed by atoms with van der Waals surface area (Å²) in [5.41, 5.74) is 1.18. The van der Waals surface area contributed by atoms with Crippen LogP contribution in [0.2, 0.25) is 0 Å². The number of fused-ring (bicyclic) bond motifs is 1. The van der Waals surface area contributed by atoms with Gasteiger partial charge in [0.15, 0.2) is 0 Å². The number of hydrogen-bond acceptors (Lipinski definition) is 2. The Morgan fingerprint density at radius 3 is 2.82 bits per heavy atom. The Balaban J connectivity index is 0.00000176. The monoisotopic (exact) mass is 318 g/mol. The van der Waals surface area contributed by atoms with Crippen LogP contribution in [0.1, 0.15) is 25.3 Å². The van der Waals surface area contributed by atoms with E-state index in [1.165, 1.54) is 16.3 Å². The van der Waals surface area contributed by atoms with Crippen LogP contribution in [0, 0.1) is 5.92 Å².